The summed E-state index contributed by atoms with van der Waals surface area (Å²) in [5.41, 5.74) is 0.671. The van der Waals surface area contributed by atoms with Crippen molar-refractivity contribution in [1.29, 1.82) is 0 Å². The van der Waals surface area contributed by atoms with Gasteiger partial charge in [-0.05, 0) is 42.8 Å². The Hall–Kier alpha value is -3.49. The fraction of sp³-hybridized carbons (Fsp3) is 0.250. The first kappa shape index (κ1) is 20.2. The zero-order chi connectivity index (χ0) is 20.8. The molecular weight excluding hydrogens is 386 g/mol. The van der Waals surface area contributed by atoms with Crippen LogP contribution in [0.4, 0.5) is 20.2 Å². The predicted octanol–water partition coefficient (Wildman–Crippen LogP) is 2.65. The first-order valence-electron chi connectivity index (χ1n) is 8.85. The van der Waals surface area contributed by atoms with Crippen molar-refractivity contribution in [2.75, 3.05) is 30.0 Å². The van der Waals surface area contributed by atoms with Crippen LogP contribution in [0.2, 0.25) is 0 Å². The van der Waals surface area contributed by atoms with Gasteiger partial charge in [-0.1, -0.05) is 0 Å². The van der Waals surface area contributed by atoms with Gasteiger partial charge in [-0.3, -0.25) is 9.59 Å². The lowest BCUT2D eigenvalue weighted by molar-refractivity contribution is -0.149. The molecule has 7 nitrogen and oxygen atoms in total. The molecule has 1 aliphatic rings. The van der Waals surface area contributed by atoms with Crippen LogP contribution in [0, 0.1) is 11.6 Å². The van der Waals surface area contributed by atoms with E-state index in [4.69, 9.17) is 9.47 Å². The Labute approximate surface area is 165 Å². The summed E-state index contributed by atoms with van der Waals surface area (Å²) in [5.74, 6) is -2.75. The van der Waals surface area contributed by atoms with Gasteiger partial charge in [-0.25, -0.2) is 13.6 Å². The number of hydrogen-bond donors (Lipinski definition) is 1. The van der Waals surface area contributed by atoms with Gasteiger partial charge in [-0.15, -0.1) is 0 Å². The number of benzene rings is 2. The van der Waals surface area contributed by atoms with Gasteiger partial charge in [0.15, 0.2) is 13.2 Å². The number of nitrogens with zero attached hydrogens (tertiary/aromatic N) is 1. The van der Waals surface area contributed by atoms with E-state index >= 15 is 0 Å². The summed E-state index contributed by atoms with van der Waals surface area (Å²) in [7, 11) is 0. The maximum absolute atomic E-state index is 13.1. The maximum Gasteiger partial charge on any atom is 0.344 e. The highest BCUT2D eigenvalue weighted by Crippen LogP contribution is 2.23. The molecule has 0 saturated carbocycles. The molecule has 1 saturated heterocycles. The molecule has 0 bridgehead atoms. The van der Waals surface area contributed by atoms with Crippen LogP contribution in [0.3, 0.4) is 0 Å². The molecule has 2 amide bonds. The lowest BCUT2D eigenvalue weighted by Crippen LogP contribution is -2.24. The van der Waals surface area contributed by atoms with Crippen LogP contribution >= 0.6 is 0 Å². The third-order valence-corrected chi connectivity index (χ3v) is 4.09. The van der Waals surface area contributed by atoms with Crippen molar-refractivity contribution < 1.29 is 32.6 Å². The van der Waals surface area contributed by atoms with E-state index in [-0.39, 0.29) is 11.6 Å². The van der Waals surface area contributed by atoms with Gasteiger partial charge in [0.25, 0.3) is 5.91 Å². The number of ether oxygens (including phenoxy) is 2. The average Bonchev–Trinajstić information content (AvgIpc) is 3.10. The molecule has 0 aliphatic carbocycles. The van der Waals surface area contributed by atoms with Gasteiger partial charge in [0.2, 0.25) is 5.91 Å². The number of hydrogen-bond acceptors (Lipinski definition) is 5. The zero-order valence-corrected chi connectivity index (χ0v) is 15.3. The van der Waals surface area contributed by atoms with Gasteiger partial charge in [0, 0.05) is 30.4 Å². The standard InChI is InChI=1S/C20H18F2N2O5/c21-13-8-14(22)10-15(9-13)23-18(25)11-29-20(27)12-28-17-5-3-16(4-6-17)24-7-1-2-19(24)26/h3-6,8-10H,1-2,7,11-12H2,(H,23,25). The summed E-state index contributed by atoms with van der Waals surface area (Å²) in [6.07, 6.45) is 1.36. The first-order valence-corrected chi connectivity index (χ1v) is 8.85. The molecule has 1 fully saturated rings. The molecule has 152 valence electrons. The fourth-order valence-electron chi connectivity index (χ4n) is 2.80. The highest BCUT2D eigenvalue weighted by Gasteiger charge is 2.21. The van der Waals surface area contributed by atoms with Crippen molar-refractivity contribution in [1.82, 2.24) is 0 Å². The van der Waals surface area contributed by atoms with E-state index in [9.17, 15) is 23.2 Å². The summed E-state index contributed by atoms with van der Waals surface area (Å²) in [5, 5.41) is 2.22. The highest BCUT2D eigenvalue weighted by molar-refractivity contribution is 5.95. The van der Waals surface area contributed by atoms with Crippen molar-refractivity contribution in [2.24, 2.45) is 0 Å². The molecule has 1 N–H and O–H groups in total. The van der Waals surface area contributed by atoms with Crippen molar-refractivity contribution >= 4 is 29.2 Å². The highest BCUT2D eigenvalue weighted by atomic mass is 19.1. The minimum absolute atomic E-state index is 0.0708. The average molecular weight is 404 g/mol. The lowest BCUT2D eigenvalue weighted by Gasteiger charge is -2.16. The number of esters is 1. The van der Waals surface area contributed by atoms with Crippen molar-refractivity contribution in [3.05, 3.63) is 54.1 Å². The van der Waals surface area contributed by atoms with Crippen molar-refractivity contribution in [3.8, 4) is 5.75 Å². The lowest BCUT2D eigenvalue weighted by atomic mass is 10.3. The van der Waals surface area contributed by atoms with E-state index < -0.39 is 36.7 Å². The van der Waals surface area contributed by atoms with Crippen LogP contribution in [0.1, 0.15) is 12.8 Å². The second kappa shape index (κ2) is 9.13. The Morgan fingerprint density at radius 3 is 2.34 bits per heavy atom. The molecule has 0 aromatic heterocycles. The van der Waals surface area contributed by atoms with E-state index in [1.807, 2.05) is 0 Å². The van der Waals surface area contributed by atoms with Crippen molar-refractivity contribution in [3.63, 3.8) is 0 Å². The Morgan fingerprint density at radius 1 is 1.03 bits per heavy atom. The number of carbonyl (C=O) groups is 3. The second-order valence-electron chi connectivity index (χ2n) is 6.30. The van der Waals surface area contributed by atoms with Crippen LogP contribution in [0.25, 0.3) is 0 Å². The summed E-state index contributed by atoms with van der Waals surface area (Å²) in [6.45, 7) is -0.379. The van der Waals surface area contributed by atoms with Gasteiger partial charge in [0.05, 0.1) is 0 Å². The Bertz CT molecular complexity index is 897. The molecule has 2 aromatic carbocycles. The number of rotatable bonds is 7. The number of amides is 2. The van der Waals surface area contributed by atoms with E-state index in [2.05, 4.69) is 5.32 Å². The molecular formula is C20H18F2N2O5. The monoisotopic (exact) mass is 404 g/mol. The van der Waals surface area contributed by atoms with E-state index in [1.165, 1.54) is 0 Å². The third-order valence-electron chi connectivity index (χ3n) is 4.09. The molecule has 0 spiro atoms. The van der Waals surface area contributed by atoms with Gasteiger partial charge in [0.1, 0.15) is 17.4 Å². The Morgan fingerprint density at radius 2 is 1.72 bits per heavy atom. The van der Waals surface area contributed by atoms with Crippen LogP contribution in [-0.2, 0) is 19.1 Å². The fourth-order valence-corrected chi connectivity index (χ4v) is 2.80. The van der Waals surface area contributed by atoms with Gasteiger partial charge >= 0.3 is 5.97 Å². The molecule has 29 heavy (non-hydrogen) atoms. The summed E-state index contributed by atoms with van der Waals surface area (Å²) in [4.78, 5) is 36.8. The molecule has 2 aromatic rings. The maximum atomic E-state index is 13.1. The Balaban J connectivity index is 1.41. The van der Waals surface area contributed by atoms with Crippen LogP contribution in [0.15, 0.2) is 42.5 Å². The molecule has 0 atom stereocenters. The number of nitrogens with one attached hydrogen (secondary N) is 1. The van der Waals surface area contributed by atoms with E-state index in [0.29, 0.717) is 24.8 Å². The Kier molecular flexibility index (Phi) is 6.38. The number of anilines is 2. The molecule has 1 heterocycles. The third kappa shape index (κ3) is 5.74. The van der Waals surface area contributed by atoms with Gasteiger partial charge < -0.3 is 19.7 Å². The molecule has 0 radical (unpaired) electrons. The smallest absolute Gasteiger partial charge is 0.344 e. The quantitative estimate of drug-likeness (QED) is 0.718. The molecule has 0 unspecified atom stereocenters. The van der Waals surface area contributed by atoms with Crippen LogP contribution < -0.4 is 15.0 Å². The normalized spacial score (nSPS) is 13.3. The van der Waals surface area contributed by atoms with Crippen LogP contribution in [0.5, 0.6) is 5.75 Å². The predicted molar refractivity (Wildman–Crippen MR) is 99.5 cm³/mol. The molecule has 9 heteroatoms. The molecule has 1 aliphatic heterocycles. The second-order valence-corrected chi connectivity index (χ2v) is 6.30. The van der Waals surface area contributed by atoms with Gasteiger partial charge in [-0.2, -0.15) is 0 Å². The van der Waals surface area contributed by atoms with Crippen LogP contribution in [-0.4, -0.2) is 37.5 Å². The minimum atomic E-state index is -0.842. The summed E-state index contributed by atoms with van der Waals surface area (Å²) < 4.78 is 36.2. The zero-order valence-electron chi connectivity index (χ0n) is 15.3. The summed E-state index contributed by atoms with van der Waals surface area (Å²) >= 11 is 0. The topological polar surface area (TPSA) is 84.9 Å². The van der Waals surface area contributed by atoms with Crippen molar-refractivity contribution in [2.45, 2.75) is 12.8 Å². The molecule has 3 rings (SSSR count). The number of halogens is 2. The minimum Gasteiger partial charge on any atom is -0.482 e. The first-order chi connectivity index (χ1) is 13.9. The SMILES string of the molecule is O=C(COC(=O)COc1ccc(N2CCCC2=O)cc1)Nc1cc(F)cc(F)c1. The number of carbonyl (C=O) groups excluding carboxylic acids is 3. The summed E-state index contributed by atoms with van der Waals surface area (Å²) in [6, 6.07) is 9.23. The van der Waals surface area contributed by atoms with E-state index in [0.717, 1.165) is 24.2 Å². The van der Waals surface area contributed by atoms with E-state index in [1.54, 1.807) is 29.2 Å². The largest absolute Gasteiger partial charge is 0.482 e.